The molecule has 2 heterocycles. The SMILES string of the molecule is [O-][Cl+3]([O-])([O-])Oc1cc2c(cc1Cl)CN1C=CC=CC1=C2. The average molecular weight is 314 g/mol. The summed E-state index contributed by atoms with van der Waals surface area (Å²) in [4.78, 5) is 2.03. The first kappa shape index (κ1) is 13.5. The number of benzene rings is 1. The third-order valence-corrected chi connectivity index (χ3v) is 3.64. The third kappa shape index (κ3) is 2.67. The molecule has 0 aliphatic carbocycles. The smallest absolute Gasteiger partial charge is 0.307 e. The van der Waals surface area contributed by atoms with Crippen molar-refractivity contribution >= 4 is 17.7 Å². The van der Waals surface area contributed by atoms with Crippen molar-refractivity contribution in [2.45, 2.75) is 6.54 Å². The van der Waals surface area contributed by atoms with Crippen LogP contribution in [-0.2, 0) is 6.54 Å². The molecule has 0 amide bonds. The summed E-state index contributed by atoms with van der Waals surface area (Å²) in [6.45, 7) is 0.615. The molecule has 5 nitrogen and oxygen atoms in total. The lowest BCUT2D eigenvalue weighted by molar-refractivity contribution is -1.91. The summed E-state index contributed by atoms with van der Waals surface area (Å²) in [7, 11) is -4.56. The summed E-state index contributed by atoms with van der Waals surface area (Å²) in [5.74, 6) is -0.164. The Kier molecular flexibility index (Phi) is 3.24. The predicted octanol–water partition coefficient (Wildman–Crippen LogP) is -0.144. The van der Waals surface area contributed by atoms with Crippen molar-refractivity contribution in [2.75, 3.05) is 0 Å². The molecule has 3 rings (SSSR count). The Hall–Kier alpha value is -1.50. The van der Waals surface area contributed by atoms with Gasteiger partial charge >= 0.3 is 5.75 Å². The van der Waals surface area contributed by atoms with Crippen LogP contribution in [0.5, 0.6) is 5.75 Å². The first-order valence-electron chi connectivity index (χ1n) is 5.68. The molecule has 0 radical (unpaired) electrons. The van der Waals surface area contributed by atoms with Crippen molar-refractivity contribution in [3.05, 3.63) is 58.4 Å². The minimum absolute atomic E-state index is 0.0871. The van der Waals surface area contributed by atoms with E-state index in [0.717, 1.165) is 16.8 Å². The van der Waals surface area contributed by atoms with Gasteiger partial charge in [-0.2, -0.15) is 14.0 Å². The van der Waals surface area contributed by atoms with Crippen LogP contribution in [0.2, 0.25) is 5.02 Å². The second-order valence-corrected chi connectivity index (χ2v) is 5.65. The molecule has 0 aromatic heterocycles. The van der Waals surface area contributed by atoms with Gasteiger partial charge in [0.2, 0.25) is 0 Å². The summed E-state index contributed by atoms with van der Waals surface area (Å²) in [6, 6.07) is 3.06. The second-order valence-electron chi connectivity index (χ2n) is 4.33. The Bertz CT molecular complexity index is 647. The van der Waals surface area contributed by atoms with Crippen molar-refractivity contribution in [3.8, 4) is 5.75 Å². The molecule has 2 aliphatic rings. The monoisotopic (exact) mass is 313 g/mol. The van der Waals surface area contributed by atoms with Gasteiger partial charge in [-0.05, 0) is 35.4 Å². The fourth-order valence-electron chi connectivity index (χ4n) is 2.15. The van der Waals surface area contributed by atoms with Gasteiger partial charge in [0, 0.05) is 24.5 Å². The first-order chi connectivity index (χ1) is 9.42. The average Bonchev–Trinajstić information content (AvgIpc) is 2.36. The summed E-state index contributed by atoms with van der Waals surface area (Å²) < 4.78 is 36.2. The molecule has 0 fully saturated rings. The number of nitrogens with zero attached hydrogens (tertiary/aromatic N) is 1. The molecule has 2 aliphatic heterocycles. The lowest BCUT2D eigenvalue weighted by Gasteiger charge is -2.29. The quantitative estimate of drug-likeness (QED) is 0.759. The topological polar surface area (TPSA) is 81.6 Å². The highest BCUT2D eigenvalue weighted by Crippen LogP contribution is 2.35. The summed E-state index contributed by atoms with van der Waals surface area (Å²) in [5.41, 5.74) is 2.66. The molecule has 20 heavy (non-hydrogen) atoms. The summed E-state index contributed by atoms with van der Waals surface area (Å²) in [5, 5.41) is 0.0871. The molecule has 104 valence electrons. The van der Waals surface area contributed by atoms with Crippen molar-refractivity contribution < 1.29 is 28.5 Å². The highest BCUT2D eigenvalue weighted by Gasteiger charge is 2.25. The molecular weight excluding hydrogens is 305 g/mol. The number of allylic oxidation sites excluding steroid dienone is 3. The highest BCUT2D eigenvalue weighted by molar-refractivity contribution is 6.32. The lowest BCUT2D eigenvalue weighted by atomic mass is 10.00. The second kappa shape index (κ2) is 4.80. The standard InChI is InChI=1S/C13H9Cl2NO4/c14-12-6-10-8-16-4-2-1-3-11(16)5-9(10)7-13(12)20-15(17,18)19/h1-7H,8H2. The van der Waals surface area contributed by atoms with Gasteiger partial charge in [-0.3, -0.25) is 0 Å². The molecule has 0 unspecified atom stereocenters. The molecule has 0 saturated carbocycles. The van der Waals surface area contributed by atoms with Crippen LogP contribution in [0.25, 0.3) is 6.08 Å². The van der Waals surface area contributed by atoms with Crippen LogP contribution in [0, 0.1) is 10.2 Å². The normalized spacial score (nSPS) is 16.6. The number of fused-ring (bicyclic) bond motifs is 2. The van der Waals surface area contributed by atoms with Gasteiger partial charge in [0.25, 0.3) is 0 Å². The lowest BCUT2D eigenvalue weighted by Crippen LogP contribution is -2.63. The maximum atomic E-state index is 10.6. The van der Waals surface area contributed by atoms with E-state index >= 15 is 0 Å². The minimum Gasteiger partial charge on any atom is -0.344 e. The summed E-state index contributed by atoms with van der Waals surface area (Å²) >= 11 is 5.94. The van der Waals surface area contributed by atoms with E-state index in [1.807, 2.05) is 35.4 Å². The Morgan fingerprint density at radius 1 is 1.20 bits per heavy atom. The Morgan fingerprint density at radius 2 is 2.00 bits per heavy atom. The van der Waals surface area contributed by atoms with Crippen molar-refractivity contribution in [1.82, 2.24) is 4.90 Å². The van der Waals surface area contributed by atoms with Crippen molar-refractivity contribution in [1.29, 1.82) is 0 Å². The zero-order valence-electron chi connectivity index (χ0n) is 10.1. The number of hydrogen-bond acceptors (Lipinski definition) is 5. The molecular formula is C13H9Cl2NO4. The van der Waals surface area contributed by atoms with E-state index in [1.54, 1.807) is 6.07 Å². The zero-order chi connectivity index (χ0) is 14.3. The number of hydrogen-bond donors (Lipinski definition) is 0. The van der Waals surface area contributed by atoms with Crippen LogP contribution in [0.3, 0.4) is 0 Å². The minimum atomic E-state index is -4.56. The van der Waals surface area contributed by atoms with Gasteiger partial charge in [-0.25, -0.2) is 0 Å². The van der Waals surface area contributed by atoms with E-state index in [1.165, 1.54) is 6.07 Å². The van der Waals surface area contributed by atoms with Crippen molar-refractivity contribution in [3.63, 3.8) is 0 Å². The molecule has 0 atom stereocenters. The fourth-order valence-corrected chi connectivity index (χ4v) is 2.75. The van der Waals surface area contributed by atoms with Crippen LogP contribution in [0.1, 0.15) is 11.1 Å². The van der Waals surface area contributed by atoms with Gasteiger partial charge in [0.15, 0.2) is 0 Å². The van der Waals surface area contributed by atoms with Crippen LogP contribution in [-0.4, -0.2) is 4.90 Å². The maximum absolute atomic E-state index is 10.6. The molecule has 0 bridgehead atoms. The van der Waals surface area contributed by atoms with E-state index < -0.39 is 10.2 Å². The van der Waals surface area contributed by atoms with E-state index in [0.29, 0.717) is 6.54 Å². The number of rotatable bonds is 2. The molecule has 0 N–H and O–H groups in total. The van der Waals surface area contributed by atoms with Crippen LogP contribution in [0.4, 0.5) is 0 Å². The maximum Gasteiger partial charge on any atom is 0.307 e. The number of halogens is 2. The Balaban J connectivity index is 2.01. The Labute approximate surface area is 122 Å². The van der Waals surface area contributed by atoms with Gasteiger partial charge in [0.1, 0.15) is 15.3 Å². The van der Waals surface area contributed by atoms with Gasteiger partial charge in [-0.1, -0.05) is 22.0 Å². The molecule has 0 saturated heterocycles. The van der Waals surface area contributed by atoms with E-state index in [9.17, 15) is 14.0 Å². The first-order valence-corrected chi connectivity index (χ1v) is 7.30. The van der Waals surface area contributed by atoms with E-state index in [-0.39, 0.29) is 10.8 Å². The van der Waals surface area contributed by atoms with Gasteiger partial charge < -0.3 is 4.90 Å². The van der Waals surface area contributed by atoms with Crippen LogP contribution >= 0.6 is 11.6 Å². The van der Waals surface area contributed by atoms with Gasteiger partial charge in [0.05, 0.1) is 0 Å². The summed E-state index contributed by atoms with van der Waals surface area (Å²) in [6.07, 6.45) is 9.57. The van der Waals surface area contributed by atoms with E-state index in [4.69, 9.17) is 11.6 Å². The fraction of sp³-hybridized carbons (Fsp3) is 0.0769. The van der Waals surface area contributed by atoms with Crippen LogP contribution in [0.15, 0.2) is 42.3 Å². The highest BCUT2D eigenvalue weighted by atomic mass is 35.7. The molecule has 7 heteroatoms. The van der Waals surface area contributed by atoms with Gasteiger partial charge in [-0.15, -0.1) is 0 Å². The predicted molar refractivity (Wildman–Crippen MR) is 63.9 cm³/mol. The largest absolute Gasteiger partial charge is 0.344 e. The molecule has 0 spiro atoms. The van der Waals surface area contributed by atoms with Crippen molar-refractivity contribution in [2.24, 2.45) is 0 Å². The van der Waals surface area contributed by atoms with E-state index in [2.05, 4.69) is 4.29 Å². The molecule has 1 aromatic carbocycles. The third-order valence-electron chi connectivity index (χ3n) is 2.99. The molecule has 1 aromatic rings. The van der Waals surface area contributed by atoms with Crippen LogP contribution < -0.4 is 18.3 Å². The Morgan fingerprint density at radius 3 is 2.75 bits per heavy atom. The zero-order valence-corrected chi connectivity index (χ0v) is 11.6.